The zero-order valence-electron chi connectivity index (χ0n) is 11.2. The Kier molecular flexibility index (Phi) is 4.90. The number of amides is 1. The first-order chi connectivity index (χ1) is 8.21. The van der Waals surface area contributed by atoms with E-state index < -0.39 is 23.5 Å². The summed E-state index contributed by atoms with van der Waals surface area (Å²) in [5.74, 6) is -3.57. The third kappa shape index (κ3) is 5.16. The normalized spacial score (nSPS) is 24.2. The highest BCUT2D eigenvalue weighted by molar-refractivity contribution is 5.67. The zero-order valence-corrected chi connectivity index (χ0v) is 11.2. The van der Waals surface area contributed by atoms with Gasteiger partial charge in [-0.2, -0.15) is 0 Å². The van der Waals surface area contributed by atoms with Gasteiger partial charge >= 0.3 is 6.09 Å². The first-order valence-corrected chi connectivity index (χ1v) is 6.26. The Hall–Kier alpha value is -0.910. The standard InChI is InChI=1S/C12H22F2N2O2/c1-11(2,3)18-10(17)16-8-9-4-6-15-7-5-12(9,13)14/h9,15H,4-8H2,1-3H3,(H,16,17). The molecule has 1 amide bonds. The number of rotatable bonds is 2. The molecule has 0 radical (unpaired) electrons. The van der Waals surface area contributed by atoms with Gasteiger partial charge in [-0.05, 0) is 33.7 Å². The van der Waals surface area contributed by atoms with Gasteiger partial charge in [0, 0.05) is 25.4 Å². The molecule has 1 saturated heterocycles. The second-order valence-electron chi connectivity index (χ2n) is 5.63. The molecule has 1 aliphatic rings. The van der Waals surface area contributed by atoms with E-state index in [9.17, 15) is 13.6 Å². The molecule has 6 heteroatoms. The summed E-state index contributed by atoms with van der Waals surface area (Å²) in [4.78, 5) is 11.4. The highest BCUT2D eigenvalue weighted by Gasteiger charge is 2.40. The van der Waals surface area contributed by atoms with Crippen molar-refractivity contribution in [3.63, 3.8) is 0 Å². The minimum Gasteiger partial charge on any atom is -0.444 e. The van der Waals surface area contributed by atoms with Gasteiger partial charge in [0.25, 0.3) is 5.92 Å². The van der Waals surface area contributed by atoms with Crippen LogP contribution in [0.1, 0.15) is 33.6 Å². The largest absolute Gasteiger partial charge is 0.444 e. The van der Waals surface area contributed by atoms with Crippen molar-refractivity contribution in [3.05, 3.63) is 0 Å². The first kappa shape index (κ1) is 15.1. The van der Waals surface area contributed by atoms with E-state index in [0.29, 0.717) is 19.5 Å². The maximum atomic E-state index is 13.7. The van der Waals surface area contributed by atoms with Gasteiger partial charge in [-0.3, -0.25) is 0 Å². The summed E-state index contributed by atoms with van der Waals surface area (Å²) in [6, 6.07) is 0. The Labute approximate surface area is 106 Å². The predicted molar refractivity (Wildman–Crippen MR) is 64.8 cm³/mol. The molecule has 1 aliphatic heterocycles. The number of nitrogens with one attached hydrogen (secondary N) is 2. The molecule has 0 spiro atoms. The lowest BCUT2D eigenvalue weighted by Gasteiger charge is -2.25. The number of alkyl carbamates (subject to hydrolysis) is 1. The summed E-state index contributed by atoms with van der Waals surface area (Å²) < 4.78 is 32.4. The summed E-state index contributed by atoms with van der Waals surface area (Å²) in [7, 11) is 0. The van der Waals surface area contributed by atoms with Gasteiger partial charge in [-0.1, -0.05) is 0 Å². The van der Waals surface area contributed by atoms with Crippen molar-refractivity contribution in [2.45, 2.75) is 45.1 Å². The molecule has 1 atom stereocenters. The molecule has 1 unspecified atom stereocenters. The van der Waals surface area contributed by atoms with E-state index >= 15 is 0 Å². The summed E-state index contributed by atoms with van der Waals surface area (Å²) in [5, 5.41) is 5.36. The highest BCUT2D eigenvalue weighted by atomic mass is 19.3. The van der Waals surface area contributed by atoms with Crippen molar-refractivity contribution in [3.8, 4) is 0 Å². The quantitative estimate of drug-likeness (QED) is 0.803. The molecule has 0 bridgehead atoms. The Morgan fingerprint density at radius 3 is 2.72 bits per heavy atom. The molecule has 0 aromatic rings. The molecule has 18 heavy (non-hydrogen) atoms. The molecule has 1 fully saturated rings. The van der Waals surface area contributed by atoms with Gasteiger partial charge < -0.3 is 15.4 Å². The first-order valence-electron chi connectivity index (χ1n) is 6.26. The molecule has 2 N–H and O–H groups in total. The van der Waals surface area contributed by atoms with E-state index in [-0.39, 0.29) is 13.0 Å². The minimum atomic E-state index is -2.74. The zero-order chi connectivity index (χ0) is 13.8. The number of alkyl halides is 2. The van der Waals surface area contributed by atoms with Crippen LogP contribution in [0, 0.1) is 5.92 Å². The Morgan fingerprint density at radius 1 is 1.44 bits per heavy atom. The molecule has 0 aliphatic carbocycles. The average molecular weight is 264 g/mol. The fourth-order valence-corrected chi connectivity index (χ4v) is 1.84. The van der Waals surface area contributed by atoms with Crippen molar-refractivity contribution in [2.75, 3.05) is 19.6 Å². The van der Waals surface area contributed by atoms with Crippen LogP contribution >= 0.6 is 0 Å². The molecular weight excluding hydrogens is 242 g/mol. The van der Waals surface area contributed by atoms with E-state index in [1.807, 2.05) is 0 Å². The number of hydrogen-bond donors (Lipinski definition) is 2. The number of carbonyl (C=O) groups is 1. The highest BCUT2D eigenvalue weighted by Crippen LogP contribution is 2.31. The molecule has 106 valence electrons. The van der Waals surface area contributed by atoms with Gasteiger partial charge in [0.15, 0.2) is 0 Å². The molecular formula is C12H22F2N2O2. The van der Waals surface area contributed by atoms with E-state index in [1.54, 1.807) is 20.8 Å². The molecule has 1 heterocycles. The third-order valence-electron chi connectivity index (χ3n) is 2.79. The summed E-state index contributed by atoms with van der Waals surface area (Å²) in [5.41, 5.74) is -0.613. The SMILES string of the molecule is CC(C)(C)OC(=O)NCC1CCNCCC1(F)F. The van der Waals surface area contributed by atoms with Crippen LogP contribution in [-0.4, -0.2) is 37.3 Å². The second kappa shape index (κ2) is 5.82. The van der Waals surface area contributed by atoms with Crippen LogP contribution in [0.2, 0.25) is 0 Å². The van der Waals surface area contributed by atoms with Crippen LogP contribution < -0.4 is 10.6 Å². The van der Waals surface area contributed by atoms with E-state index in [2.05, 4.69) is 10.6 Å². The maximum absolute atomic E-state index is 13.7. The smallest absolute Gasteiger partial charge is 0.407 e. The van der Waals surface area contributed by atoms with Gasteiger partial charge in [-0.25, -0.2) is 13.6 Å². The maximum Gasteiger partial charge on any atom is 0.407 e. The Morgan fingerprint density at radius 2 is 2.11 bits per heavy atom. The average Bonchev–Trinajstić information content (AvgIpc) is 2.34. The number of ether oxygens (including phenoxy) is 1. The van der Waals surface area contributed by atoms with Gasteiger partial charge in [0.1, 0.15) is 5.60 Å². The van der Waals surface area contributed by atoms with E-state index in [4.69, 9.17) is 4.74 Å². The van der Waals surface area contributed by atoms with Crippen LogP contribution in [0.3, 0.4) is 0 Å². The predicted octanol–water partition coefficient (Wildman–Crippen LogP) is 2.15. The number of carbonyl (C=O) groups excluding carboxylic acids is 1. The van der Waals surface area contributed by atoms with Gasteiger partial charge in [0.05, 0.1) is 0 Å². The van der Waals surface area contributed by atoms with Crippen molar-refractivity contribution in [1.29, 1.82) is 0 Å². The molecule has 1 rings (SSSR count). The fraction of sp³-hybridized carbons (Fsp3) is 0.917. The van der Waals surface area contributed by atoms with E-state index in [1.165, 1.54) is 0 Å². The van der Waals surface area contributed by atoms with Crippen LogP contribution in [-0.2, 0) is 4.74 Å². The van der Waals surface area contributed by atoms with Crippen LogP contribution in [0.15, 0.2) is 0 Å². The third-order valence-corrected chi connectivity index (χ3v) is 2.79. The lowest BCUT2D eigenvalue weighted by atomic mass is 9.96. The molecule has 0 saturated carbocycles. The van der Waals surface area contributed by atoms with Crippen molar-refractivity contribution in [2.24, 2.45) is 5.92 Å². The van der Waals surface area contributed by atoms with Crippen molar-refractivity contribution in [1.82, 2.24) is 10.6 Å². The van der Waals surface area contributed by atoms with Gasteiger partial charge in [-0.15, -0.1) is 0 Å². The summed E-state index contributed by atoms with van der Waals surface area (Å²) in [6.45, 7) is 6.01. The second-order valence-corrected chi connectivity index (χ2v) is 5.63. The summed E-state index contributed by atoms with van der Waals surface area (Å²) >= 11 is 0. The molecule has 0 aromatic heterocycles. The minimum absolute atomic E-state index is 0.0520. The van der Waals surface area contributed by atoms with Crippen LogP contribution in [0.4, 0.5) is 13.6 Å². The number of hydrogen-bond acceptors (Lipinski definition) is 3. The van der Waals surface area contributed by atoms with Crippen molar-refractivity contribution < 1.29 is 18.3 Å². The van der Waals surface area contributed by atoms with Crippen LogP contribution in [0.25, 0.3) is 0 Å². The van der Waals surface area contributed by atoms with Crippen LogP contribution in [0.5, 0.6) is 0 Å². The monoisotopic (exact) mass is 264 g/mol. The Bertz CT molecular complexity index is 290. The molecule has 4 nitrogen and oxygen atoms in total. The van der Waals surface area contributed by atoms with E-state index in [0.717, 1.165) is 0 Å². The summed E-state index contributed by atoms with van der Waals surface area (Å²) in [6.07, 6.45) is -0.480. The lowest BCUT2D eigenvalue weighted by Crippen LogP contribution is -2.40. The topological polar surface area (TPSA) is 50.4 Å². The van der Waals surface area contributed by atoms with Crippen molar-refractivity contribution >= 4 is 6.09 Å². The Balaban J connectivity index is 2.43. The lowest BCUT2D eigenvalue weighted by molar-refractivity contribution is -0.0596. The fourth-order valence-electron chi connectivity index (χ4n) is 1.84. The molecule has 0 aromatic carbocycles. The van der Waals surface area contributed by atoms with Gasteiger partial charge in [0.2, 0.25) is 0 Å². The number of halogens is 2.